The Kier molecular flexibility index (Phi) is 4.32. The van der Waals surface area contributed by atoms with Crippen molar-refractivity contribution < 1.29 is 22.7 Å². The largest absolute Gasteiger partial charge is 0.468 e. The molecule has 0 amide bonds. The van der Waals surface area contributed by atoms with Crippen molar-refractivity contribution in [3.05, 3.63) is 35.4 Å². The van der Waals surface area contributed by atoms with Crippen LogP contribution in [0.1, 0.15) is 35.9 Å². The van der Waals surface area contributed by atoms with Crippen molar-refractivity contribution in [2.45, 2.75) is 31.0 Å². The molecule has 1 saturated carbocycles. The van der Waals surface area contributed by atoms with E-state index in [0.717, 1.165) is 25.5 Å². The predicted octanol–water partition coefficient (Wildman–Crippen LogP) is 2.93. The summed E-state index contributed by atoms with van der Waals surface area (Å²) >= 11 is 0. The highest BCUT2D eigenvalue weighted by Gasteiger charge is 2.32. The van der Waals surface area contributed by atoms with Gasteiger partial charge >= 0.3 is 12.1 Å². The molecule has 0 heterocycles. The van der Waals surface area contributed by atoms with E-state index in [1.807, 2.05) is 6.07 Å². The molecular formula is C14H16F3NO2. The fraction of sp³-hybridized carbons (Fsp3) is 0.500. The Labute approximate surface area is 115 Å². The second-order valence-electron chi connectivity index (χ2n) is 4.90. The Bertz CT molecular complexity index is 484. The SMILES string of the molecule is COC(=O)C(NCC(F)(F)F)c1cccc(C2CC2)c1. The van der Waals surface area contributed by atoms with E-state index >= 15 is 0 Å². The van der Waals surface area contributed by atoms with Crippen LogP contribution in [0.5, 0.6) is 0 Å². The summed E-state index contributed by atoms with van der Waals surface area (Å²) in [6, 6.07) is 6.01. The average molecular weight is 287 g/mol. The number of rotatable bonds is 5. The van der Waals surface area contributed by atoms with Gasteiger partial charge < -0.3 is 4.74 Å². The molecule has 0 aromatic heterocycles. The second-order valence-corrected chi connectivity index (χ2v) is 4.90. The summed E-state index contributed by atoms with van der Waals surface area (Å²) in [5, 5.41) is 2.21. The Balaban J connectivity index is 2.16. The summed E-state index contributed by atoms with van der Waals surface area (Å²) in [7, 11) is 1.16. The molecule has 3 nitrogen and oxygen atoms in total. The molecule has 0 aliphatic heterocycles. The highest BCUT2D eigenvalue weighted by molar-refractivity contribution is 5.77. The number of ether oxygens (including phenoxy) is 1. The highest BCUT2D eigenvalue weighted by atomic mass is 19.4. The van der Waals surface area contributed by atoms with E-state index in [1.54, 1.807) is 18.2 Å². The normalized spacial score (nSPS) is 16.8. The molecular weight excluding hydrogens is 271 g/mol. The monoisotopic (exact) mass is 287 g/mol. The Morgan fingerprint density at radius 2 is 2.15 bits per heavy atom. The zero-order valence-electron chi connectivity index (χ0n) is 11.0. The minimum Gasteiger partial charge on any atom is -0.468 e. The van der Waals surface area contributed by atoms with Crippen LogP contribution in [-0.4, -0.2) is 25.8 Å². The lowest BCUT2D eigenvalue weighted by atomic mass is 10.0. The molecule has 1 N–H and O–H groups in total. The number of hydrogen-bond acceptors (Lipinski definition) is 3. The van der Waals surface area contributed by atoms with E-state index < -0.39 is 24.7 Å². The maximum atomic E-state index is 12.3. The van der Waals surface area contributed by atoms with Crippen molar-refractivity contribution in [3.63, 3.8) is 0 Å². The van der Waals surface area contributed by atoms with E-state index in [1.165, 1.54) is 0 Å². The van der Waals surface area contributed by atoms with Crippen LogP contribution >= 0.6 is 0 Å². The van der Waals surface area contributed by atoms with Crippen LogP contribution in [0.25, 0.3) is 0 Å². The molecule has 6 heteroatoms. The Morgan fingerprint density at radius 3 is 2.70 bits per heavy atom. The van der Waals surface area contributed by atoms with Crippen molar-refractivity contribution in [2.75, 3.05) is 13.7 Å². The number of hydrogen-bond donors (Lipinski definition) is 1. The van der Waals surface area contributed by atoms with Gasteiger partial charge in [0.15, 0.2) is 0 Å². The molecule has 1 aromatic carbocycles. The molecule has 110 valence electrons. The van der Waals surface area contributed by atoms with Crippen LogP contribution in [0, 0.1) is 0 Å². The van der Waals surface area contributed by atoms with Crippen molar-refractivity contribution >= 4 is 5.97 Å². The summed E-state index contributed by atoms with van der Waals surface area (Å²) in [4.78, 5) is 11.7. The Hall–Kier alpha value is -1.56. The first-order chi connectivity index (χ1) is 9.40. The molecule has 20 heavy (non-hydrogen) atoms. The molecule has 0 spiro atoms. The van der Waals surface area contributed by atoms with Gasteiger partial charge in [0.1, 0.15) is 6.04 Å². The van der Waals surface area contributed by atoms with Crippen LogP contribution < -0.4 is 5.32 Å². The van der Waals surface area contributed by atoms with Gasteiger partial charge in [-0.05, 0) is 29.9 Å². The van der Waals surface area contributed by atoms with Gasteiger partial charge in [-0.2, -0.15) is 13.2 Å². The zero-order chi connectivity index (χ0) is 14.8. The molecule has 1 aliphatic carbocycles. The molecule has 1 aromatic rings. The van der Waals surface area contributed by atoms with Crippen LogP contribution in [0.2, 0.25) is 0 Å². The Morgan fingerprint density at radius 1 is 1.45 bits per heavy atom. The fourth-order valence-electron chi connectivity index (χ4n) is 2.08. The topological polar surface area (TPSA) is 38.3 Å². The number of benzene rings is 1. The lowest BCUT2D eigenvalue weighted by Gasteiger charge is -2.18. The number of esters is 1. The lowest BCUT2D eigenvalue weighted by molar-refractivity contribution is -0.146. The first-order valence-electron chi connectivity index (χ1n) is 6.38. The number of carbonyl (C=O) groups is 1. The summed E-state index contributed by atoms with van der Waals surface area (Å²) in [5.41, 5.74) is 1.57. The first-order valence-corrected chi connectivity index (χ1v) is 6.38. The summed E-state index contributed by atoms with van der Waals surface area (Å²) in [6.45, 7) is -1.24. The highest BCUT2D eigenvalue weighted by Crippen LogP contribution is 2.40. The van der Waals surface area contributed by atoms with Crippen molar-refractivity contribution in [3.8, 4) is 0 Å². The first kappa shape index (κ1) is 14.8. The van der Waals surface area contributed by atoms with E-state index in [4.69, 9.17) is 0 Å². The smallest absolute Gasteiger partial charge is 0.401 e. The zero-order valence-corrected chi connectivity index (χ0v) is 11.0. The third kappa shape index (κ3) is 3.96. The number of halogens is 3. The van der Waals surface area contributed by atoms with Crippen LogP contribution in [0.4, 0.5) is 13.2 Å². The van der Waals surface area contributed by atoms with Gasteiger partial charge in [-0.1, -0.05) is 24.3 Å². The summed E-state index contributed by atoms with van der Waals surface area (Å²) in [6.07, 6.45) is -2.20. The average Bonchev–Trinajstić information content (AvgIpc) is 3.22. The van der Waals surface area contributed by atoms with Gasteiger partial charge in [0.25, 0.3) is 0 Å². The molecule has 1 atom stereocenters. The van der Waals surface area contributed by atoms with Gasteiger partial charge in [0.2, 0.25) is 0 Å². The van der Waals surface area contributed by atoms with E-state index in [-0.39, 0.29) is 0 Å². The van der Waals surface area contributed by atoms with Crippen molar-refractivity contribution in [1.82, 2.24) is 5.32 Å². The number of methoxy groups -OCH3 is 1. The van der Waals surface area contributed by atoms with Gasteiger partial charge in [-0.25, -0.2) is 4.79 Å². The molecule has 0 radical (unpaired) electrons. The van der Waals surface area contributed by atoms with Gasteiger partial charge in [0.05, 0.1) is 13.7 Å². The van der Waals surface area contributed by atoms with Crippen LogP contribution in [0.15, 0.2) is 24.3 Å². The minimum atomic E-state index is -4.37. The molecule has 0 bridgehead atoms. The van der Waals surface area contributed by atoms with E-state index in [2.05, 4.69) is 10.1 Å². The predicted molar refractivity (Wildman–Crippen MR) is 67.2 cm³/mol. The standard InChI is InChI=1S/C14H16F3NO2/c1-20-13(19)12(18-8-14(15,16)17)11-4-2-3-10(7-11)9-5-6-9/h2-4,7,9,12,18H,5-6,8H2,1H3. The quantitative estimate of drug-likeness (QED) is 0.846. The molecule has 2 rings (SSSR count). The van der Waals surface area contributed by atoms with Crippen LogP contribution in [-0.2, 0) is 9.53 Å². The fourth-order valence-corrected chi connectivity index (χ4v) is 2.08. The lowest BCUT2D eigenvalue weighted by Crippen LogP contribution is -2.36. The summed E-state index contributed by atoms with van der Waals surface area (Å²) < 4.78 is 41.5. The molecule has 1 aliphatic rings. The second kappa shape index (κ2) is 5.83. The third-order valence-corrected chi connectivity index (χ3v) is 3.24. The molecule has 1 fully saturated rings. The van der Waals surface area contributed by atoms with Gasteiger partial charge in [-0.3, -0.25) is 5.32 Å². The maximum absolute atomic E-state index is 12.3. The number of nitrogens with one attached hydrogen (secondary N) is 1. The maximum Gasteiger partial charge on any atom is 0.401 e. The minimum absolute atomic E-state index is 0.468. The van der Waals surface area contributed by atoms with Crippen molar-refractivity contribution in [1.29, 1.82) is 0 Å². The van der Waals surface area contributed by atoms with Crippen LogP contribution in [0.3, 0.4) is 0 Å². The van der Waals surface area contributed by atoms with Gasteiger partial charge in [-0.15, -0.1) is 0 Å². The van der Waals surface area contributed by atoms with Crippen molar-refractivity contribution in [2.24, 2.45) is 0 Å². The van der Waals surface area contributed by atoms with E-state index in [0.29, 0.717) is 11.5 Å². The summed E-state index contributed by atoms with van der Waals surface area (Å²) in [5.74, 6) is -0.252. The number of carbonyl (C=O) groups excluding carboxylic acids is 1. The van der Waals surface area contributed by atoms with E-state index in [9.17, 15) is 18.0 Å². The van der Waals surface area contributed by atoms with Gasteiger partial charge in [0, 0.05) is 0 Å². The molecule has 1 unspecified atom stereocenters. The third-order valence-electron chi connectivity index (χ3n) is 3.24. The molecule has 0 saturated heterocycles. The number of alkyl halides is 3.